The first-order valence-electron chi connectivity index (χ1n) is 9.21. The van der Waals surface area contributed by atoms with Gasteiger partial charge in [0, 0.05) is 24.0 Å². The third-order valence-corrected chi connectivity index (χ3v) is 6.72. The van der Waals surface area contributed by atoms with E-state index in [9.17, 15) is 9.35 Å². The third-order valence-electron chi connectivity index (χ3n) is 5.04. The second-order valence-corrected chi connectivity index (χ2v) is 10.8. The normalized spacial score (nSPS) is 19.0. The maximum Gasteiger partial charge on any atom is 0.261 e. The molecule has 148 valence electrons. The fraction of sp³-hybridized carbons (Fsp3) is 0.600. The predicted molar refractivity (Wildman–Crippen MR) is 109 cm³/mol. The second-order valence-electron chi connectivity index (χ2n) is 8.82. The van der Waals surface area contributed by atoms with E-state index in [1.807, 2.05) is 46.8 Å². The molecule has 1 aliphatic heterocycles. The van der Waals surface area contributed by atoms with Gasteiger partial charge in [-0.3, -0.25) is 9.36 Å². The molecular formula is C20H29N3O3S. The van der Waals surface area contributed by atoms with Crippen LogP contribution in [-0.4, -0.2) is 32.1 Å². The van der Waals surface area contributed by atoms with Gasteiger partial charge in [-0.05, 0) is 53.2 Å². The van der Waals surface area contributed by atoms with Crippen molar-refractivity contribution >= 4 is 22.3 Å². The highest BCUT2D eigenvalue weighted by molar-refractivity contribution is 7.90. The van der Waals surface area contributed by atoms with Crippen molar-refractivity contribution in [3.63, 3.8) is 0 Å². The summed E-state index contributed by atoms with van der Waals surface area (Å²) < 4.78 is 22.4. The Labute approximate surface area is 163 Å². The Balaban J connectivity index is 2.16. The minimum absolute atomic E-state index is 0.0581. The van der Waals surface area contributed by atoms with E-state index in [1.54, 1.807) is 11.6 Å². The van der Waals surface area contributed by atoms with E-state index in [0.717, 1.165) is 17.0 Å². The number of fused-ring (bicyclic) bond motifs is 1. The van der Waals surface area contributed by atoms with Crippen LogP contribution in [0.2, 0.25) is 0 Å². The van der Waals surface area contributed by atoms with Crippen LogP contribution in [0, 0.1) is 6.92 Å². The van der Waals surface area contributed by atoms with Gasteiger partial charge in [0.2, 0.25) is 0 Å². The Morgan fingerprint density at radius 1 is 1.37 bits per heavy atom. The molecule has 2 atom stereocenters. The molecule has 1 aromatic carbocycles. The van der Waals surface area contributed by atoms with Crippen molar-refractivity contribution in [2.45, 2.75) is 57.7 Å². The fourth-order valence-corrected chi connectivity index (χ4v) is 4.16. The van der Waals surface area contributed by atoms with Gasteiger partial charge in [0.15, 0.2) is 0 Å². The number of hydrogen-bond donors (Lipinski definition) is 1. The molecule has 2 heterocycles. The van der Waals surface area contributed by atoms with Crippen molar-refractivity contribution in [3.05, 3.63) is 39.4 Å². The molecule has 0 amide bonds. The summed E-state index contributed by atoms with van der Waals surface area (Å²) in [7, 11) is 1.77. The molecule has 6 nitrogen and oxygen atoms in total. The first-order chi connectivity index (χ1) is 12.4. The lowest BCUT2D eigenvalue weighted by atomic mass is 9.87. The van der Waals surface area contributed by atoms with Gasteiger partial charge in [0.05, 0.1) is 35.6 Å². The lowest BCUT2D eigenvalue weighted by molar-refractivity contribution is -0.0559. The first kappa shape index (κ1) is 20.3. The molecular weight excluding hydrogens is 362 g/mol. The summed E-state index contributed by atoms with van der Waals surface area (Å²) in [6, 6.07) is 3.70. The number of hydrogen-bond acceptors (Lipinski definition) is 5. The summed E-state index contributed by atoms with van der Waals surface area (Å²) in [5.74, 6) is 0.737. The summed E-state index contributed by atoms with van der Waals surface area (Å²) in [5, 5.41) is 0.593. The minimum Gasteiger partial charge on any atom is -0.598 e. The molecule has 1 aromatic heterocycles. The molecule has 27 heavy (non-hydrogen) atoms. The van der Waals surface area contributed by atoms with Gasteiger partial charge in [-0.15, -0.1) is 4.72 Å². The number of aryl methyl sites for hydroxylation is 1. The van der Waals surface area contributed by atoms with E-state index in [1.165, 1.54) is 0 Å². The maximum absolute atomic E-state index is 13.0. The molecule has 0 bridgehead atoms. The number of benzene rings is 1. The average Bonchev–Trinajstić information content (AvgIpc) is 2.54. The lowest BCUT2D eigenvalue weighted by Crippen LogP contribution is -2.48. The molecule has 0 spiro atoms. The molecule has 7 heteroatoms. The van der Waals surface area contributed by atoms with Crippen molar-refractivity contribution < 1.29 is 9.29 Å². The zero-order chi connectivity index (χ0) is 20.1. The number of rotatable bonds is 4. The molecule has 2 aromatic rings. The van der Waals surface area contributed by atoms with E-state index < -0.39 is 11.4 Å². The third kappa shape index (κ3) is 3.66. The summed E-state index contributed by atoms with van der Waals surface area (Å²) >= 11 is -1.22. The molecule has 1 N–H and O–H groups in total. The first-order valence-corrected chi connectivity index (χ1v) is 10.4. The van der Waals surface area contributed by atoms with Gasteiger partial charge in [-0.2, -0.15) is 0 Å². The Hall–Kier alpha value is -1.41. The van der Waals surface area contributed by atoms with E-state index in [4.69, 9.17) is 9.72 Å². The van der Waals surface area contributed by atoms with Crippen LogP contribution in [0.3, 0.4) is 0 Å². The zero-order valence-electron chi connectivity index (χ0n) is 17.2. The van der Waals surface area contributed by atoms with Gasteiger partial charge in [-0.1, -0.05) is 6.07 Å². The lowest BCUT2D eigenvalue weighted by Gasteiger charge is -2.38. The van der Waals surface area contributed by atoms with Crippen LogP contribution in [-0.2, 0) is 28.6 Å². The van der Waals surface area contributed by atoms with Crippen LogP contribution in [0.5, 0.6) is 0 Å². The van der Waals surface area contributed by atoms with Gasteiger partial charge < -0.3 is 9.29 Å². The minimum atomic E-state index is -1.22. The maximum atomic E-state index is 13.0. The highest BCUT2D eigenvalue weighted by Crippen LogP contribution is 2.32. The highest BCUT2D eigenvalue weighted by Gasteiger charge is 2.39. The molecule has 0 radical (unpaired) electrons. The van der Waals surface area contributed by atoms with Crippen LogP contribution in [0.15, 0.2) is 16.9 Å². The van der Waals surface area contributed by atoms with Crippen molar-refractivity contribution in [2.24, 2.45) is 7.05 Å². The SMILES string of the molecule is Cc1cc(C(C)N[S+]([O-])C(C)(C)C)c2nc(C3(C)COC3)n(C)c(=O)c2c1. The van der Waals surface area contributed by atoms with Gasteiger partial charge in [0.1, 0.15) is 10.6 Å². The average molecular weight is 392 g/mol. The summed E-state index contributed by atoms with van der Waals surface area (Å²) in [4.78, 5) is 18.0. The van der Waals surface area contributed by atoms with Crippen molar-refractivity contribution in [1.82, 2.24) is 14.3 Å². The fourth-order valence-electron chi connectivity index (χ4n) is 3.36. The number of aromatic nitrogens is 2. The molecule has 1 aliphatic rings. The quantitative estimate of drug-likeness (QED) is 0.811. The topological polar surface area (TPSA) is 79.2 Å². The van der Waals surface area contributed by atoms with E-state index >= 15 is 0 Å². The zero-order valence-corrected chi connectivity index (χ0v) is 18.0. The van der Waals surface area contributed by atoms with E-state index in [2.05, 4.69) is 11.6 Å². The number of nitrogens with one attached hydrogen (secondary N) is 1. The molecule has 3 rings (SSSR count). The van der Waals surface area contributed by atoms with Gasteiger partial charge in [-0.25, -0.2) is 4.98 Å². The Morgan fingerprint density at radius 2 is 2.00 bits per heavy atom. The number of ether oxygens (including phenoxy) is 1. The van der Waals surface area contributed by atoms with Crippen molar-refractivity contribution in [2.75, 3.05) is 13.2 Å². The van der Waals surface area contributed by atoms with Gasteiger partial charge >= 0.3 is 0 Å². The van der Waals surface area contributed by atoms with Crippen molar-refractivity contribution in [1.29, 1.82) is 0 Å². The Bertz CT molecular complexity index is 929. The molecule has 0 saturated carbocycles. The smallest absolute Gasteiger partial charge is 0.261 e. The molecule has 1 fully saturated rings. The highest BCUT2D eigenvalue weighted by atomic mass is 32.2. The van der Waals surface area contributed by atoms with E-state index in [0.29, 0.717) is 24.1 Å². The Kier molecular flexibility index (Phi) is 5.18. The van der Waals surface area contributed by atoms with Crippen LogP contribution in [0.1, 0.15) is 57.6 Å². The number of nitrogens with zero attached hydrogens (tertiary/aromatic N) is 2. The van der Waals surface area contributed by atoms with Gasteiger partial charge in [0.25, 0.3) is 5.56 Å². The standard InChI is InChI=1S/C20H29N3O3S/c1-12-8-14(13(2)22-27(25)19(3,4)5)16-15(9-12)17(24)23(7)18(21-16)20(6)10-26-11-20/h8-9,13,22H,10-11H2,1-7H3. The van der Waals surface area contributed by atoms with Crippen LogP contribution in [0.25, 0.3) is 10.9 Å². The predicted octanol–water partition coefficient (Wildman–Crippen LogP) is 2.64. The molecule has 1 saturated heterocycles. The monoisotopic (exact) mass is 391 g/mol. The summed E-state index contributed by atoms with van der Waals surface area (Å²) in [5.41, 5.74) is 2.24. The van der Waals surface area contributed by atoms with Crippen LogP contribution < -0.4 is 10.3 Å². The Morgan fingerprint density at radius 3 is 2.52 bits per heavy atom. The van der Waals surface area contributed by atoms with Crippen LogP contribution >= 0.6 is 0 Å². The summed E-state index contributed by atoms with van der Waals surface area (Å²) in [6.07, 6.45) is 0. The van der Waals surface area contributed by atoms with Crippen LogP contribution in [0.4, 0.5) is 0 Å². The van der Waals surface area contributed by atoms with E-state index in [-0.39, 0.29) is 21.8 Å². The molecule has 0 aliphatic carbocycles. The second kappa shape index (κ2) is 6.88. The summed E-state index contributed by atoms with van der Waals surface area (Å²) in [6.45, 7) is 12.9. The largest absolute Gasteiger partial charge is 0.598 e. The van der Waals surface area contributed by atoms with Crippen molar-refractivity contribution in [3.8, 4) is 0 Å². The molecule has 2 unspecified atom stereocenters.